The molecule has 13 rings (SSSR count). The summed E-state index contributed by atoms with van der Waals surface area (Å²) >= 11 is 0. The third-order valence-electron chi connectivity index (χ3n) is 11.5. The van der Waals surface area contributed by atoms with E-state index in [1.807, 2.05) is 30.3 Å². The van der Waals surface area contributed by atoms with E-state index in [2.05, 4.69) is 132 Å². The van der Waals surface area contributed by atoms with Crippen molar-refractivity contribution in [2.75, 3.05) is 0 Å². The van der Waals surface area contributed by atoms with Crippen LogP contribution in [0.15, 0.2) is 167 Å². The van der Waals surface area contributed by atoms with Crippen molar-refractivity contribution in [3.63, 3.8) is 0 Å². The molecule has 0 spiro atoms. The first-order valence-corrected chi connectivity index (χ1v) is 18.3. The Bertz CT molecular complexity index is 3370. The van der Waals surface area contributed by atoms with Crippen molar-refractivity contribution in [3.8, 4) is 45.2 Å². The van der Waals surface area contributed by atoms with Gasteiger partial charge in [-0.3, -0.25) is 0 Å². The molecule has 0 aliphatic carbocycles. The second-order valence-corrected chi connectivity index (χ2v) is 14.3. The molecule has 0 fully saturated rings. The summed E-state index contributed by atoms with van der Waals surface area (Å²) in [5.41, 5.74) is 12.9. The van der Waals surface area contributed by atoms with E-state index in [0.717, 1.165) is 111 Å². The van der Waals surface area contributed by atoms with Crippen LogP contribution < -0.4 is 20.3 Å². The maximum atomic E-state index is 7.14. The van der Waals surface area contributed by atoms with Crippen molar-refractivity contribution in [2.45, 2.75) is 0 Å². The zero-order chi connectivity index (χ0) is 35.1. The molecule has 11 aromatic rings. The van der Waals surface area contributed by atoms with Crippen molar-refractivity contribution in [3.05, 3.63) is 158 Å². The van der Waals surface area contributed by atoms with Crippen molar-refractivity contribution in [2.24, 2.45) is 0 Å². The quantitative estimate of drug-likeness (QED) is 0.169. The normalized spacial score (nSPS) is 13.1. The fourth-order valence-corrected chi connectivity index (χ4v) is 9.12. The van der Waals surface area contributed by atoms with Crippen molar-refractivity contribution in [1.82, 2.24) is 4.57 Å². The monoisotopic (exact) mass is 691 g/mol. The Morgan fingerprint density at radius 2 is 1.22 bits per heavy atom. The number of para-hydroxylation sites is 5. The predicted molar refractivity (Wildman–Crippen MR) is 218 cm³/mol. The molecule has 250 valence electrons. The van der Waals surface area contributed by atoms with Crippen LogP contribution in [0.3, 0.4) is 0 Å². The first-order chi connectivity index (χ1) is 26.8. The summed E-state index contributed by atoms with van der Waals surface area (Å²) in [7, 11) is 0. The van der Waals surface area contributed by atoms with Gasteiger partial charge < -0.3 is 22.8 Å². The van der Waals surface area contributed by atoms with Crippen LogP contribution in [0.2, 0.25) is 0 Å². The molecular weight excluding hydrogens is 665 g/mol. The summed E-state index contributed by atoms with van der Waals surface area (Å²) in [5, 5.41) is 6.61. The van der Waals surface area contributed by atoms with E-state index in [1.54, 1.807) is 0 Å². The fourth-order valence-electron chi connectivity index (χ4n) is 9.12. The number of rotatable bonds is 2. The highest BCUT2D eigenvalue weighted by Crippen LogP contribution is 2.45. The fraction of sp³-hybridized carbons (Fsp3) is 0. The Kier molecular flexibility index (Phi) is 5.39. The molecule has 5 nitrogen and oxygen atoms in total. The van der Waals surface area contributed by atoms with E-state index < -0.39 is 0 Å². The lowest BCUT2D eigenvalue weighted by Gasteiger charge is -2.34. The zero-order valence-electron chi connectivity index (χ0n) is 28.7. The lowest BCUT2D eigenvalue weighted by atomic mass is 9.50. The molecule has 0 unspecified atom stereocenters. The van der Waals surface area contributed by atoms with Crippen molar-refractivity contribution in [1.29, 1.82) is 0 Å². The highest BCUT2D eigenvalue weighted by molar-refractivity contribution is 6.84. The summed E-state index contributed by atoms with van der Waals surface area (Å²) in [6.07, 6.45) is 0. The molecule has 0 atom stereocenters. The van der Waals surface area contributed by atoms with Crippen LogP contribution in [0.1, 0.15) is 0 Å². The van der Waals surface area contributed by atoms with Crippen LogP contribution in [0.5, 0.6) is 17.2 Å². The molecule has 2 aliphatic heterocycles. The molecule has 0 amide bonds. The molecule has 0 saturated carbocycles. The molecule has 6 heteroatoms. The van der Waals surface area contributed by atoms with Crippen LogP contribution in [0.25, 0.3) is 93.6 Å². The minimum absolute atomic E-state index is 0.333. The zero-order valence-corrected chi connectivity index (χ0v) is 28.7. The third kappa shape index (κ3) is 3.69. The highest BCUT2D eigenvalue weighted by atomic mass is 16.5. The maximum Gasteiger partial charge on any atom is 0.434 e. The van der Waals surface area contributed by atoms with Gasteiger partial charge in [-0.25, -0.2) is 0 Å². The van der Waals surface area contributed by atoms with Gasteiger partial charge in [-0.2, -0.15) is 0 Å². The summed E-state index contributed by atoms with van der Waals surface area (Å²) in [6.45, 7) is -0.333. The number of fused-ring (bicyclic) bond motifs is 14. The Balaban J connectivity index is 1.03. The van der Waals surface area contributed by atoms with Gasteiger partial charge in [-0.1, -0.05) is 91.0 Å². The molecule has 54 heavy (non-hydrogen) atoms. The van der Waals surface area contributed by atoms with Gasteiger partial charge in [0.15, 0.2) is 0 Å². The highest BCUT2D eigenvalue weighted by Gasteiger charge is 2.42. The minimum atomic E-state index is -0.333. The SMILES string of the molecule is c1ccc2c(c1)OB1c3cccc(-n4c5ccccc5c5ccccc54)c3Oc3cc(-c4ccc5c(c4)oc4c5ccc5oc6ccccc6c54)cc-2c31. The largest absolute Gasteiger partial charge is 0.551 e. The van der Waals surface area contributed by atoms with Crippen LogP contribution >= 0.6 is 0 Å². The average Bonchev–Trinajstić information content (AvgIpc) is 3.90. The Labute approximate surface area is 308 Å². The van der Waals surface area contributed by atoms with Gasteiger partial charge in [-0.15, -0.1) is 0 Å². The smallest absolute Gasteiger partial charge is 0.434 e. The predicted octanol–water partition coefficient (Wildman–Crippen LogP) is 11.5. The standard InChI is InChI=1S/C48H26BNO4/c1-5-15-37-29(10-1)30-11-2-6-16-38(30)50(37)39-17-9-14-36-48(39)53-44-26-28(24-35-31-12-3-8-19-41(31)54-49(36)46(35)44)27-20-21-32-33-22-23-42-45(47(33)52-43(32)25-27)34-13-4-7-18-40(34)51-42/h1-26H. The molecular formula is C48H26BNO4. The Morgan fingerprint density at radius 3 is 2.09 bits per heavy atom. The molecule has 0 saturated heterocycles. The number of nitrogens with zero attached hydrogens (tertiary/aromatic N) is 1. The van der Waals surface area contributed by atoms with E-state index in [1.165, 1.54) is 10.8 Å². The van der Waals surface area contributed by atoms with Crippen molar-refractivity contribution >= 4 is 83.5 Å². The van der Waals surface area contributed by atoms with Gasteiger partial charge in [-0.05, 0) is 83.4 Å². The molecule has 3 aromatic heterocycles. The average molecular weight is 692 g/mol. The summed E-state index contributed by atoms with van der Waals surface area (Å²) < 4.78 is 29.2. The van der Waals surface area contributed by atoms with E-state index in [4.69, 9.17) is 18.2 Å². The van der Waals surface area contributed by atoms with Gasteiger partial charge in [0.2, 0.25) is 0 Å². The molecule has 8 aromatic carbocycles. The van der Waals surface area contributed by atoms with Crippen LogP contribution in [-0.2, 0) is 0 Å². The van der Waals surface area contributed by atoms with E-state index >= 15 is 0 Å². The van der Waals surface area contributed by atoms with Gasteiger partial charge in [0.05, 0.1) is 22.1 Å². The van der Waals surface area contributed by atoms with Crippen LogP contribution in [-0.4, -0.2) is 11.5 Å². The van der Waals surface area contributed by atoms with Gasteiger partial charge >= 0.3 is 6.92 Å². The van der Waals surface area contributed by atoms with E-state index in [9.17, 15) is 0 Å². The van der Waals surface area contributed by atoms with Gasteiger partial charge in [0.1, 0.15) is 39.6 Å². The van der Waals surface area contributed by atoms with Crippen LogP contribution in [0, 0.1) is 0 Å². The van der Waals surface area contributed by atoms with E-state index in [-0.39, 0.29) is 6.92 Å². The molecule has 5 heterocycles. The first kappa shape index (κ1) is 28.4. The van der Waals surface area contributed by atoms with Gasteiger partial charge in [0, 0.05) is 43.4 Å². The second-order valence-electron chi connectivity index (χ2n) is 14.3. The topological polar surface area (TPSA) is 49.7 Å². The molecule has 0 N–H and O–H groups in total. The summed E-state index contributed by atoms with van der Waals surface area (Å²) in [4.78, 5) is 0. The summed E-state index contributed by atoms with van der Waals surface area (Å²) in [5.74, 6) is 2.45. The van der Waals surface area contributed by atoms with Gasteiger partial charge in [0.25, 0.3) is 0 Å². The van der Waals surface area contributed by atoms with E-state index in [0.29, 0.717) is 0 Å². The third-order valence-corrected chi connectivity index (χ3v) is 11.5. The Hall–Kier alpha value is -7.18. The first-order valence-electron chi connectivity index (χ1n) is 18.3. The number of hydrogen-bond donors (Lipinski definition) is 0. The lowest BCUT2D eigenvalue weighted by Crippen LogP contribution is -2.53. The maximum absolute atomic E-state index is 7.14. The number of ether oxygens (including phenoxy) is 1. The minimum Gasteiger partial charge on any atom is -0.551 e. The summed E-state index contributed by atoms with van der Waals surface area (Å²) in [6, 6.07) is 55.1. The molecule has 2 aliphatic rings. The lowest BCUT2D eigenvalue weighted by molar-refractivity contribution is 0.478. The number of hydrogen-bond acceptors (Lipinski definition) is 4. The second kappa shape index (κ2) is 10.2. The van der Waals surface area contributed by atoms with Crippen molar-refractivity contribution < 1.29 is 18.2 Å². The number of furan rings is 2. The Morgan fingerprint density at radius 1 is 0.463 bits per heavy atom. The number of benzene rings is 8. The van der Waals surface area contributed by atoms with Crippen LogP contribution in [0.4, 0.5) is 0 Å². The molecule has 0 radical (unpaired) electrons. The number of aromatic nitrogens is 1. The molecule has 0 bridgehead atoms.